The van der Waals surface area contributed by atoms with Crippen LogP contribution >= 0.6 is 11.9 Å². The second-order valence-electron chi connectivity index (χ2n) is 2.73. The average Bonchev–Trinajstić information content (AvgIpc) is 2.15. The van der Waals surface area contributed by atoms with E-state index in [2.05, 4.69) is 4.99 Å². The third-order valence-corrected chi connectivity index (χ3v) is 2.51. The van der Waals surface area contributed by atoms with Crippen LogP contribution in [0.2, 0.25) is 0 Å². The van der Waals surface area contributed by atoms with Gasteiger partial charge in [-0.1, -0.05) is 12.1 Å². The summed E-state index contributed by atoms with van der Waals surface area (Å²) in [6.45, 7) is 0. The summed E-state index contributed by atoms with van der Waals surface area (Å²) in [5.41, 5.74) is 0.736. The van der Waals surface area contributed by atoms with Crippen LogP contribution < -0.4 is 4.21 Å². The molecule has 0 saturated carbocycles. The number of fused-ring (bicyclic) bond motifs is 1. The lowest BCUT2D eigenvalue weighted by molar-refractivity contribution is 0.814. The van der Waals surface area contributed by atoms with Crippen molar-refractivity contribution in [2.45, 2.75) is 0 Å². The first-order valence-corrected chi connectivity index (χ1v) is 4.81. The van der Waals surface area contributed by atoms with Gasteiger partial charge in [0.25, 0.3) is 0 Å². The van der Waals surface area contributed by atoms with Crippen molar-refractivity contribution in [3.63, 3.8) is 0 Å². The predicted molar refractivity (Wildman–Crippen MR) is 59.3 cm³/mol. The van der Waals surface area contributed by atoms with Gasteiger partial charge in [0.2, 0.25) is 0 Å². The fraction of sp³-hybridized carbons (Fsp3) is 0. The van der Waals surface area contributed by atoms with Gasteiger partial charge in [-0.3, -0.25) is 9.21 Å². The molecule has 0 fully saturated rings. The van der Waals surface area contributed by atoms with E-state index in [1.807, 2.05) is 0 Å². The molecule has 0 N–H and O–H groups in total. The molecule has 0 unspecified atom stereocenters. The van der Waals surface area contributed by atoms with E-state index in [-0.39, 0.29) is 5.69 Å². The van der Waals surface area contributed by atoms with E-state index in [1.54, 1.807) is 18.2 Å². The van der Waals surface area contributed by atoms with E-state index in [1.165, 1.54) is 23.9 Å². The van der Waals surface area contributed by atoms with Gasteiger partial charge in [-0.25, -0.2) is 0 Å². The van der Waals surface area contributed by atoms with Gasteiger partial charge < -0.3 is 10.4 Å². The molecular formula is C9H7N2O2S-. The molecule has 0 aliphatic carbocycles. The third-order valence-electron chi connectivity index (χ3n) is 1.79. The molecule has 0 aromatic heterocycles. The minimum atomic E-state index is -1.71. The molecule has 0 atom stereocenters. The van der Waals surface area contributed by atoms with Crippen molar-refractivity contribution in [1.82, 2.24) is 4.21 Å². The molecule has 0 saturated heterocycles. The lowest BCUT2D eigenvalue weighted by Gasteiger charge is -2.43. The highest BCUT2D eigenvalue weighted by molar-refractivity contribution is 8.01. The van der Waals surface area contributed by atoms with Gasteiger partial charge in [0, 0.05) is 23.9 Å². The highest BCUT2D eigenvalue weighted by Crippen LogP contribution is 2.33. The topological polar surface area (TPSA) is 58.5 Å². The SMILES string of the molecule is [O-][N+]1([O-])S/C=C\N=Cc2ccccc21. The number of rotatable bonds is 0. The summed E-state index contributed by atoms with van der Waals surface area (Å²) in [5.74, 6) is 0. The Labute approximate surface area is 85.5 Å². The van der Waals surface area contributed by atoms with Gasteiger partial charge >= 0.3 is 0 Å². The highest BCUT2D eigenvalue weighted by atomic mass is 32.2. The summed E-state index contributed by atoms with van der Waals surface area (Å²) in [6.07, 6.45) is 2.94. The van der Waals surface area contributed by atoms with Crippen LogP contribution in [0.15, 0.2) is 40.9 Å². The Morgan fingerprint density at radius 2 is 2.00 bits per heavy atom. The van der Waals surface area contributed by atoms with Crippen molar-refractivity contribution in [2.75, 3.05) is 0 Å². The van der Waals surface area contributed by atoms with Crippen LogP contribution in [0, 0.1) is 10.4 Å². The normalized spacial score (nSPS) is 20.7. The molecular weight excluding hydrogens is 200 g/mol. The molecule has 2 rings (SSSR count). The maximum Gasteiger partial charge on any atom is 0.153 e. The van der Waals surface area contributed by atoms with Crippen LogP contribution in [0.25, 0.3) is 0 Å². The number of benzene rings is 1. The summed E-state index contributed by atoms with van der Waals surface area (Å²) in [4.78, 5) is 3.92. The maximum absolute atomic E-state index is 11.6. The van der Waals surface area contributed by atoms with Crippen LogP contribution in [-0.4, -0.2) is 6.21 Å². The van der Waals surface area contributed by atoms with Crippen molar-refractivity contribution >= 4 is 23.8 Å². The van der Waals surface area contributed by atoms with Crippen molar-refractivity contribution < 1.29 is 0 Å². The van der Waals surface area contributed by atoms with Crippen LogP contribution in [-0.2, 0) is 0 Å². The molecule has 0 radical (unpaired) electrons. The molecule has 14 heavy (non-hydrogen) atoms. The molecule has 5 heteroatoms. The Hall–Kier alpha value is -1.14. The summed E-state index contributed by atoms with van der Waals surface area (Å²) >= 11 is 0.629. The summed E-state index contributed by atoms with van der Waals surface area (Å²) < 4.78 is -1.71. The summed E-state index contributed by atoms with van der Waals surface area (Å²) in [6, 6.07) is 6.65. The zero-order valence-corrected chi connectivity index (χ0v) is 7.98. The maximum atomic E-state index is 11.6. The lowest BCUT2D eigenvalue weighted by atomic mass is 10.2. The van der Waals surface area contributed by atoms with E-state index in [0.29, 0.717) is 17.5 Å². The van der Waals surface area contributed by atoms with E-state index in [4.69, 9.17) is 0 Å². The van der Waals surface area contributed by atoms with Crippen LogP contribution in [0.5, 0.6) is 0 Å². The summed E-state index contributed by atoms with van der Waals surface area (Å²) in [7, 11) is 0. The standard InChI is InChI=1S/C9H7N2O2S/c12-11(13)9-4-2-1-3-8(9)7-10-5-6-14-11/h1-7H/q-1/b6-5-,10-7?. The fourth-order valence-corrected chi connectivity index (χ4v) is 1.73. The molecule has 0 spiro atoms. The number of hydrogen-bond acceptors (Lipinski definition) is 4. The monoisotopic (exact) mass is 207 g/mol. The number of nitrogens with zero attached hydrogens (tertiary/aromatic N) is 2. The van der Waals surface area contributed by atoms with Crippen molar-refractivity contribution in [1.29, 1.82) is 0 Å². The second kappa shape index (κ2) is 3.55. The Balaban J connectivity index is 2.58. The first-order valence-electron chi connectivity index (χ1n) is 3.97. The van der Waals surface area contributed by atoms with Crippen molar-refractivity contribution in [3.8, 4) is 0 Å². The molecule has 1 aromatic carbocycles. The van der Waals surface area contributed by atoms with E-state index >= 15 is 0 Å². The Morgan fingerprint density at radius 1 is 1.21 bits per heavy atom. The van der Waals surface area contributed by atoms with E-state index in [0.717, 1.165) is 0 Å². The Morgan fingerprint density at radius 3 is 2.86 bits per heavy atom. The van der Waals surface area contributed by atoms with Gasteiger partial charge in [-0.2, -0.15) is 0 Å². The molecule has 0 bridgehead atoms. The largest absolute Gasteiger partial charge is 0.613 e. The third kappa shape index (κ3) is 1.71. The molecule has 4 nitrogen and oxygen atoms in total. The second-order valence-corrected chi connectivity index (χ2v) is 3.69. The first-order chi connectivity index (χ1) is 6.70. The highest BCUT2D eigenvalue weighted by Gasteiger charge is 2.15. The zero-order valence-electron chi connectivity index (χ0n) is 7.16. The van der Waals surface area contributed by atoms with Crippen LogP contribution in [0.3, 0.4) is 0 Å². The van der Waals surface area contributed by atoms with Gasteiger partial charge in [0.1, 0.15) is 11.9 Å². The van der Waals surface area contributed by atoms with Crippen LogP contribution in [0.4, 0.5) is 5.69 Å². The minimum Gasteiger partial charge on any atom is -0.613 e. The number of aliphatic imine (C=N–C) groups is 1. The molecule has 1 heterocycles. The number of hydrogen-bond donors (Lipinski definition) is 0. The van der Waals surface area contributed by atoms with Crippen LogP contribution in [0.1, 0.15) is 5.56 Å². The van der Waals surface area contributed by atoms with E-state index in [9.17, 15) is 10.4 Å². The molecule has 1 aliphatic rings. The fourth-order valence-electron chi connectivity index (χ4n) is 1.17. The molecule has 72 valence electrons. The molecule has 1 aromatic rings. The van der Waals surface area contributed by atoms with Gasteiger partial charge in [-0.05, 0) is 6.07 Å². The Kier molecular flexibility index (Phi) is 2.39. The lowest BCUT2D eigenvalue weighted by Crippen LogP contribution is -2.27. The number of quaternary nitrogens is 1. The molecule has 0 amide bonds. The van der Waals surface area contributed by atoms with E-state index < -0.39 is 4.21 Å². The Bertz CT molecular complexity index is 402. The quantitative estimate of drug-likeness (QED) is 0.373. The van der Waals surface area contributed by atoms with Gasteiger partial charge in [-0.15, -0.1) is 0 Å². The predicted octanol–water partition coefficient (Wildman–Crippen LogP) is 2.54. The van der Waals surface area contributed by atoms with Crippen molar-refractivity contribution in [3.05, 3.63) is 51.9 Å². The molecule has 1 aliphatic heterocycles. The smallest absolute Gasteiger partial charge is 0.153 e. The summed E-state index contributed by atoms with van der Waals surface area (Å²) in [5, 5.41) is 24.5. The minimum absolute atomic E-state index is 0.172. The zero-order chi connectivity index (χ0) is 10.0. The average molecular weight is 207 g/mol. The van der Waals surface area contributed by atoms with Gasteiger partial charge in [0.05, 0.1) is 5.56 Å². The first kappa shape index (κ1) is 9.42. The van der Waals surface area contributed by atoms with Crippen molar-refractivity contribution in [2.24, 2.45) is 4.99 Å². The van der Waals surface area contributed by atoms with Gasteiger partial charge in [0.15, 0.2) is 5.69 Å².